The quantitative estimate of drug-likeness (QED) is 0.0912. The van der Waals surface area contributed by atoms with Crippen LogP contribution >= 0.6 is 15.6 Å². The van der Waals surface area contributed by atoms with E-state index in [0.717, 1.165) is 19.2 Å². The number of phosphoric acid groups is 2. The van der Waals surface area contributed by atoms with E-state index in [-0.39, 0.29) is 59.1 Å². The molecule has 0 radical (unpaired) electrons. The summed E-state index contributed by atoms with van der Waals surface area (Å²) < 4.78 is 48.2. The van der Waals surface area contributed by atoms with Crippen molar-refractivity contribution >= 4 is 21.6 Å². The van der Waals surface area contributed by atoms with Gasteiger partial charge in [-0.1, -0.05) is 0 Å². The summed E-state index contributed by atoms with van der Waals surface area (Å²) in [6.07, 6.45) is -13.4. The van der Waals surface area contributed by atoms with E-state index >= 15 is 0 Å². The molecule has 7 N–H and O–H groups in total. The van der Waals surface area contributed by atoms with E-state index in [2.05, 4.69) is 18.7 Å². The minimum Gasteiger partial charge on any atom is -0.756 e. The Labute approximate surface area is 274 Å². The second-order valence-corrected chi connectivity index (χ2v) is 11.3. The van der Waals surface area contributed by atoms with Crippen LogP contribution in [-0.4, -0.2) is 103 Å². The number of rotatable bonds is 10. The minimum absolute atomic E-state index is 0. The fraction of sp³-hybridized carbons (Fsp3) is 0.706. The molecule has 0 aromatic carbocycles. The number of H-pyrrole nitrogens is 1. The zero-order valence-electron chi connectivity index (χ0n) is 21.7. The Morgan fingerprint density at radius 3 is 2.22 bits per heavy atom. The zero-order valence-corrected chi connectivity index (χ0v) is 27.5. The Morgan fingerprint density at radius 2 is 1.66 bits per heavy atom. The Bertz CT molecular complexity index is 1250. The maximum atomic E-state index is 12.3. The van der Waals surface area contributed by atoms with E-state index in [9.17, 15) is 58.8 Å². The van der Waals surface area contributed by atoms with Crippen LogP contribution in [0.15, 0.2) is 21.9 Å². The van der Waals surface area contributed by atoms with Crippen molar-refractivity contribution in [1.29, 1.82) is 0 Å². The van der Waals surface area contributed by atoms with E-state index in [1.54, 1.807) is 0 Å². The predicted octanol–water partition coefficient (Wildman–Crippen LogP) is -11.9. The molecule has 0 saturated carbocycles. The van der Waals surface area contributed by atoms with Gasteiger partial charge in [0, 0.05) is 19.2 Å². The van der Waals surface area contributed by atoms with E-state index < -0.39 is 101 Å². The molecule has 1 amide bonds. The monoisotopic (exact) mass is 651 g/mol. The van der Waals surface area contributed by atoms with Crippen molar-refractivity contribution in [2.75, 3.05) is 13.2 Å². The summed E-state index contributed by atoms with van der Waals surface area (Å²) >= 11 is 0. The molecule has 1 aromatic rings. The first-order chi connectivity index (χ1) is 18.0. The molecule has 0 bridgehead atoms. The van der Waals surface area contributed by atoms with Gasteiger partial charge in [-0.05, 0) is 0 Å². The number of nitrogens with one attached hydrogen (secondary N) is 2. The third-order valence-electron chi connectivity index (χ3n) is 5.54. The normalized spacial score (nSPS) is 34.4. The molecule has 0 aliphatic carbocycles. The van der Waals surface area contributed by atoms with Gasteiger partial charge in [0.2, 0.25) is 5.91 Å². The number of aromatic amines is 1. The molecule has 2 fully saturated rings. The van der Waals surface area contributed by atoms with Gasteiger partial charge in [-0.25, -0.2) is 9.11 Å². The summed E-state index contributed by atoms with van der Waals surface area (Å²) in [6, 6.07) is -0.844. The van der Waals surface area contributed by atoms with E-state index in [4.69, 9.17) is 9.47 Å². The largest absolute Gasteiger partial charge is 1.00 e. The van der Waals surface area contributed by atoms with Crippen molar-refractivity contribution in [3.63, 3.8) is 0 Å². The molecule has 1 aromatic heterocycles. The number of aliphatic hydroxyl groups is 5. The first-order valence-electron chi connectivity index (χ1n) is 10.9. The second-order valence-electron chi connectivity index (χ2n) is 8.37. The van der Waals surface area contributed by atoms with Crippen LogP contribution in [-0.2, 0) is 36.8 Å². The Hall–Kier alpha value is 0.130. The summed E-state index contributed by atoms with van der Waals surface area (Å²) in [7, 11) is -11.8. The standard InChI is InChI=1S/C17H27N3O17P2.2Na/c1-6(22)18-10-13(26)11(24)7(4-21)35-16(10)36-39(31,32)37-38(29,30)33-5-8-12(25)14(27)15(34-8)20-3-2-9(23)19-17(20)28;;/h2-3,7-8,10-16,21,24-27H,4-5H2,1H3,(H,18,22)(H,29,30)(H,31,32)(H,19,23,28);;/q;2*+1/p-2/t7-,8-,10-,11-,12-,13-,14-,15-,16-;;/m1../s1. The van der Waals surface area contributed by atoms with Crippen LogP contribution in [0.1, 0.15) is 13.2 Å². The maximum Gasteiger partial charge on any atom is 1.00 e. The third-order valence-corrected chi connectivity index (χ3v) is 8.07. The van der Waals surface area contributed by atoms with Gasteiger partial charge in [0.05, 0.1) is 13.2 Å². The Kier molecular flexibility index (Phi) is 15.2. The van der Waals surface area contributed by atoms with Gasteiger partial charge in [-0.2, -0.15) is 0 Å². The number of hydrogen-bond donors (Lipinski definition) is 7. The van der Waals surface area contributed by atoms with Crippen LogP contribution in [0.2, 0.25) is 0 Å². The average Bonchev–Trinajstić information content (AvgIpc) is 3.10. The predicted molar refractivity (Wildman–Crippen MR) is 116 cm³/mol. The SMILES string of the molecule is CC(=O)N[C@H]1[C@@H](OP(=O)([O-])OP(=O)([O-])OC[C@H]2O[C@@H](n3ccc(=O)[nH]c3=O)[C@H](O)[C@@H]2O)O[C@H](CO)[C@@H](O)[C@@H]1O.[Na+].[Na+]. The van der Waals surface area contributed by atoms with Crippen molar-refractivity contribution in [2.45, 2.75) is 62.1 Å². The summed E-state index contributed by atoms with van der Waals surface area (Å²) in [5, 5.41) is 51.7. The van der Waals surface area contributed by atoms with Gasteiger partial charge in [-0.3, -0.25) is 32.8 Å². The molecule has 2 aliphatic heterocycles. The van der Waals surface area contributed by atoms with Crippen LogP contribution in [0.25, 0.3) is 0 Å². The summed E-state index contributed by atoms with van der Waals surface area (Å²) in [6.45, 7) is -1.09. The number of nitrogens with zero attached hydrogens (tertiary/aromatic N) is 1. The van der Waals surface area contributed by atoms with E-state index in [1.165, 1.54) is 0 Å². The van der Waals surface area contributed by atoms with Crippen LogP contribution < -0.4 is 85.5 Å². The molecule has 222 valence electrons. The molecular formula is C17H25N3Na2O17P2. The van der Waals surface area contributed by atoms with Crippen molar-refractivity contribution in [3.05, 3.63) is 33.1 Å². The first-order valence-corrected chi connectivity index (χ1v) is 13.9. The molecule has 0 spiro atoms. The van der Waals surface area contributed by atoms with Crippen molar-refractivity contribution in [1.82, 2.24) is 14.9 Å². The molecule has 20 nitrogen and oxygen atoms in total. The Morgan fingerprint density at radius 1 is 1.05 bits per heavy atom. The number of carbonyl (C=O) groups is 1. The summed E-state index contributed by atoms with van der Waals surface area (Å²) in [5.41, 5.74) is -1.79. The van der Waals surface area contributed by atoms with Crippen molar-refractivity contribution in [2.24, 2.45) is 0 Å². The molecule has 2 aliphatic rings. The zero-order chi connectivity index (χ0) is 29.3. The van der Waals surface area contributed by atoms with E-state index in [0.29, 0.717) is 4.57 Å². The van der Waals surface area contributed by atoms with Crippen molar-refractivity contribution in [3.8, 4) is 0 Å². The first kappa shape index (κ1) is 39.2. The number of carbonyl (C=O) groups excluding carboxylic acids is 1. The van der Waals surface area contributed by atoms with Crippen molar-refractivity contribution < 1.29 is 131 Å². The number of amides is 1. The molecule has 11 atom stereocenters. The molecule has 3 heterocycles. The van der Waals surface area contributed by atoms with Gasteiger partial charge >= 0.3 is 64.8 Å². The van der Waals surface area contributed by atoms with Crippen LogP contribution in [0.4, 0.5) is 0 Å². The molecule has 3 rings (SSSR count). The number of aromatic nitrogens is 2. The summed E-state index contributed by atoms with van der Waals surface area (Å²) in [4.78, 5) is 60.9. The fourth-order valence-electron chi connectivity index (χ4n) is 3.74. The average molecular weight is 651 g/mol. The van der Waals surface area contributed by atoms with Gasteiger partial charge < -0.3 is 54.6 Å². The Balaban J connectivity index is 0.00000420. The molecule has 41 heavy (non-hydrogen) atoms. The number of aliphatic hydroxyl groups excluding tert-OH is 5. The van der Waals surface area contributed by atoms with Gasteiger partial charge in [-0.15, -0.1) is 0 Å². The third kappa shape index (κ3) is 10.1. The molecule has 2 saturated heterocycles. The molecule has 2 unspecified atom stereocenters. The fourth-order valence-corrected chi connectivity index (χ4v) is 5.83. The van der Waals surface area contributed by atoms with Crippen LogP contribution in [0, 0.1) is 0 Å². The number of ether oxygens (including phenoxy) is 2. The minimum atomic E-state index is -5.94. The molecule has 24 heteroatoms. The topological polar surface area (TPSA) is 312 Å². The number of hydrogen-bond acceptors (Lipinski definition) is 17. The second kappa shape index (κ2) is 15.9. The van der Waals surface area contributed by atoms with Gasteiger partial charge in [0.1, 0.15) is 42.7 Å². The smallest absolute Gasteiger partial charge is 0.756 e. The van der Waals surface area contributed by atoms with Gasteiger partial charge in [0.25, 0.3) is 21.2 Å². The van der Waals surface area contributed by atoms with E-state index in [1.807, 2.05) is 4.98 Å². The number of phosphoric ester groups is 2. The maximum absolute atomic E-state index is 12.3. The molecular weight excluding hydrogens is 626 g/mol. The van der Waals surface area contributed by atoms with Crippen LogP contribution in [0.5, 0.6) is 0 Å². The van der Waals surface area contributed by atoms with Gasteiger partial charge in [0.15, 0.2) is 12.5 Å². The summed E-state index contributed by atoms with van der Waals surface area (Å²) in [5.74, 6) is -0.829. The van der Waals surface area contributed by atoms with Crippen LogP contribution in [0.3, 0.4) is 0 Å².